The lowest BCUT2D eigenvalue weighted by molar-refractivity contribution is -0.121. The zero-order chi connectivity index (χ0) is 21.6. The highest BCUT2D eigenvalue weighted by Gasteiger charge is 2.13. The second-order valence-electron chi connectivity index (χ2n) is 7.45. The summed E-state index contributed by atoms with van der Waals surface area (Å²) in [4.78, 5) is 26.9. The van der Waals surface area contributed by atoms with Crippen LogP contribution in [-0.4, -0.2) is 43.7 Å². The summed E-state index contributed by atoms with van der Waals surface area (Å²) >= 11 is 1.65. The average molecular weight is 436 g/mol. The van der Waals surface area contributed by atoms with Crippen LogP contribution in [0.1, 0.15) is 35.7 Å². The maximum absolute atomic E-state index is 12.5. The zero-order valence-electron chi connectivity index (χ0n) is 17.5. The molecule has 1 fully saturated rings. The van der Waals surface area contributed by atoms with E-state index in [1.807, 2.05) is 54.8 Å². The fourth-order valence-corrected chi connectivity index (χ4v) is 4.58. The van der Waals surface area contributed by atoms with E-state index in [0.29, 0.717) is 5.56 Å². The van der Waals surface area contributed by atoms with Crippen molar-refractivity contribution < 1.29 is 14.3 Å². The molecule has 0 spiro atoms. The van der Waals surface area contributed by atoms with E-state index >= 15 is 0 Å². The van der Waals surface area contributed by atoms with Crippen LogP contribution in [-0.2, 0) is 9.53 Å². The number of amides is 1. The summed E-state index contributed by atoms with van der Waals surface area (Å²) < 4.78 is 6.55. The minimum Gasteiger partial charge on any atom is -0.378 e. The molecule has 0 atom stereocenters. The Bertz CT molecular complexity index is 1100. The molecule has 2 aromatic carbocycles. The molecule has 0 bridgehead atoms. The number of rotatable bonds is 7. The molecule has 1 N–H and O–H groups in total. The Labute approximate surface area is 185 Å². The Hall–Kier alpha value is -3.03. The number of ketones is 1. The van der Waals surface area contributed by atoms with E-state index in [4.69, 9.17) is 4.74 Å². The van der Waals surface area contributed by atoms with E-state index < -0.39 is 0 Å². The van der Waals surface area contributed by atoms with E-state index in [9.17, 15) is 9.59 Å². The van der Waals surface area contributed by atoms with Gasteiger partial charge in [-0.1, -0.05) is 18.2 Å². The third-order valence-corrected chi connectivity index (χ3v) is 6.33. The molecule has 1 aliphatic rings. The van der Waals surface area contributed by atoms with Gasteiger partial charge in [0.2, 0.25) is 5.91 Å². The number of anilines is 1. The fourth-order valence-electron chi connectivity index (χ4n) is 3.57. The molecule has 1 amide bonds. The van der Waals surface area contributed by atoms with Gasteiger partial charge < -0.3 is 9.64 Å². The van der Waals surface area contributed by atoms with Crippen LogP contribution in [0.25, 0.3) is 10.1 Å². The number of morpholine rings is 1. The first-order valence-electron chi connectivity index (χ1n) is 10.4. The summed E-state index contributed by atoms with van der Waals surface area (Å²) in [6, 6.07) is 15.7. The third-order valence-electron chi connectivity index (χ3n) is 5.36. The van der Waals surface area contributed by atoms with Crippen LogP contribution in [0.5, 0.6) is 0 Å². The Kier molecular flexibility index (Phi) is 6.74. The number of hydrogen-bond donors (Lipinski definition) is 1. The highest BCUT2D eigenvalue weighted by Crippen LogP contribution is 2.26. The number of hydrazone groups is 1. The van der Waals surface area contributed by atoms with E-state index in [-0.39, 0.29) is 24.5 Å². The number of nitrogens with one attached hydrogen (secondary N) is 1. The monoisotopic (exact) mass is 435 g/mol. The molecule has 1 saturated heterocycles. The first kappa shape index (κ1) is 21.2. The molecule has 0 unspecified atom stereocenters. The Morgan fingerprint density at radius 1 is 1.06 bits per heavy atom. The van der Waals surface area contributed by atoms with E-state index in [1.165, 1.54) is 4.70 Å². The van der Waals surface area contributed by atoms with Crippen molar-refractivity contribution in [3.63, 3.8) is 0 Å². The summed E-state index contributed by atoms with van der Waals surface area (Å²) in [5.74, 6) is -0.314. The van der Waals surface area contributed by atoms with Gasteiger partial charge in [-0.15, -0.1) is 11.3 Å². The van der Waals surface area contributed by atoms with E-state index in [0.717, 1.165) is 48.7 Å². The van der Waals surface area contributed by atoms with Crippen molar-refractivity contribution in [1.29, 1.82) is 0 Å². The smallest absolute Gasteiger partial charge is 0.240 e. The molecule has 160 valence electrons. The lowest BCUT2D eigenvalue weighted by atomic mass is 10.1. The molecule has 2 heterocycles. The molecule has 4 rings (SSSR count). The van der Waals surface area contributed by atoms with Gasteiger partial charge in [0.1, 0.15) is 0 Å². The minimum atomic E-state index is -0.267. The van der Waals surface area contributed by atoms with Crippen LogP contribution in [0.2, 0.25) is 0 Å². The molecule has 3 aromatic rings. The standard InChI is InChI=1S/C24H25N3O3S/c1-17(21-16-31-23-5-3-2-4-20(21)23)25-26-24(29)11-10-22(28)18-6-8-19(9-7-18)27-12-14-30-15-13-27/h2-9,16H,10-15H2,1H3,(H,26,29)/b25-17+. The van der Waals surface area contributed by atoms with E-state index in [2.05, 4.69) is 21.5 Å². The molecular weight excluding hydrogens is 410 g/mol. The summed E-state index contributed by atoms with van der Waals surface area (Å²) in [5.41, 5.74) is 6.04. The first-order valence-corrected chi connectivity index (χ1v) is 11.3. The maximum Gasteiger partial charge on any atom is 0.240 e. The second kappa shape index (κ2) is 9.85. The molecule has 1 aliphatic heterocycles. The van der Waals surface area contributed by atoms with Gasteiger partial charge >= 0.3 is 0 Å². The maximum atomic E-state index is 12.5. The lowest BCUT2D eigenvalue weighted by Crippen LogP contribution is -2.36. The number of carbonyl (C=O) groups is 2. The van der Waals surface area contributed by atoms with Gasteiger partial charge in [-0.2, -0.15) is 5.10 Å². The Morgan fingerprint density at radius 3 is 2.58 bits per heavy atom. The zero-order valence-corrected chi connectivity index (χ0v) is 18.3. The molecule has 31 heavy (non-hydrogen) atoms. The highest BCUT2D eigenvalue weighted by molar-refractivity contribution is 7.17. The first-order chi connectivity index (χ1) is 15.1. The van der Waals surface area contributed by atoms with Crippen molar-refractivity contribution >= 4 is 44.5 Å². The summed E-state index contributed by atoms with van der Waals surface area (Å²) in [5, 5.41) is 7.39. The largest absolute Gasteiger partial charge is 0.378 e. The van der Waals surface area contributed by atoms with Crippen LogP contribution in [0.15, 0.2) is 59.0 Å². The predicted molar refractivity (Wildman–Crippen MR) is 125 cm³/mol. The van der Waals surface area contributed by atoms with Crippen LogP contribution in [0.3, 0.4) is 0 Å². The number of nitrogens with zero attached hydrogens (tertiary/aromatic N) is 2. The third kappa shape index (κ3) is 5.18. The Morgan fingerprint density at radius 2 is 1.81 bits per heavy atom. The van der Waals surface area contributed by atoms with Crippen molar-refractivity contribution in [2.24, 2.45) is 5.10 Å². The van der Waals surface area contributed by atoms with Crippen molar-refractivity contribution in [2.45, 2.75) is 19.8 Å². The molecule has 0 saturated carbocycles. The molecule has 6 nitrogen and oxygen atoms in total. The van der Waals surface area contributed by atoms with Crippen molar-refractivity contribution in [2.75, 3.05) is 31.2 Å². The number of Topliss-reactive ketones (excluding diaryl/α,β-unsaturated/α-hetero) is 1. The number of thiophene rings is 1. The SMILES string of the molecule is C/C(=N\NC(=O)CCC(=O)c1ccc(N2CCOCC2)cc1)c1csc2ccccc12. The van der Waals surface area contributed by atoms with Gasteiger partial charge in [-0.3, -0.25) is 9.59 Å². The van der Waals surface area contributed by atoms with Gasteiger partial charge in [0.15, 0.2) is 5.78 Å². The topological polar surface area (TPSA) is 71.0 Å². The highest BCUT2D eigenvalue weighted by atomic mass is 32.1. The number of ether oxygens (including phenoxy) is 1. The summed E-state index contributed by atoms with van der Waals surface area (Å²) in [6.45, 7) is 5.03. The van der Waals surface area contributed by atoms with Crippen molar-refractivity contribution in [3.05, 3.63) is 65.0 Å². The van der Waals surface area contributed by atoms with Crippen molar-refractivity contribution in [3.8, 4) is 0 Å². The Balaban J connectivity index is 1.29. The molecule has 0 radical (unpaired) electrons. The van der Waals surface area contributed by atoms with Crippen LogP contribution in [0, 0.1) is 0 Å². The number of fused-ring (bicyclic) bond motifs is 1. The molecule has 0 aliphatic carbocycles. The van der Waals surface area contributed by atoms with Gasteiger partial charge in [0, 0.05) is 58.2 Å². The average Bonchev–Trinajstić information content (AvgIpc) is 3.26. The summed E-state index contributed by atoms with van der Waals surface area (Å²) in [6.07, 6.45) is 0.254. The van der Waals surface area contributed by atoms with Gasteiger partial charge in [0.05, 0.1) is 18.9 Å². The van der Waals surface area contributed by atoms with E-state index in [1.54, 1.807) is 11.3 Å². The minimum absolute atomic E-state index is 0.0480. The number of hydrogen-bond acceptors (Lipinski definition) is 6. The quantitative estimate of drug-likeness (QED) is 0.342. The molecule has 7 heteroatoms. The predicted octanol–water partition coefficient (Wildman–Crippen LogP) is 4.24. The normalized spacial score (nSPS) is 14.6. The second-order valence-corrected chi connectivity index (χ2v) is 8.36. The van der Waals surface area contributed by atoms with Gasteiger partial charge in [-0.25, -0.2) is 5.43 Å². The van der Waals surface area contributed by atoms with Crippen LogP contribution in [0.4, 0.5) is 5.69 Å². The lowest BCUT2D eigenvalue weighted by Gasteiger charge is -2.28. The van der Waals surface area contributed by atoms with Crippen molar-refractivity contribution in [1.82, 2.24) is 5.43 Å². The van der Waals surface area contributed by atoms with Crippen LogP contribution < -0.4 is 10.3 Å². The fraction of sp³-hybridized carbons (Fsp3) is 0.292. The van der Waals surface area contributed by atoms with Gasteiger partial charge in [-0.05, 0) is 37.3 Å². The summed E-state index contributed by atoms with van der Waals surface area (Å²) in [7, 11) is 0. The van der Waals surface area contributed by atoms with Crippen LogP contribution >= 0.6 is 11.3 Å². The number of benzene rings is 2. The van der Waals surface area contributed by atoms with Gasteiger partial charge in [0.25, 0.3) is 0 Å². The molecule has 1 aromatic heterocycles. The number of carbonyl (C=O) groups excluding carboxylic acids is 2. The molecular formula is C24H25N3O3S.